The van der Waals surface area contributed by atoms with Gasteiger partial charge in [0.05, 0.1) is 9.98 Å². The molecule has 0 saturated carbocycles. The second kappa shape index (κ2) is 5.77. The van der Waals surface area contributed by atoms with Gasteiger partial charge in [0.15, 0.2) is 5.13 Å². The summed E-state index contributed by atoms with van der Waals surface area (Å²) in [6, 6.07) is 3.27. The largest absolute Gasteiger partial charge is 0.298 e. The summed E-state index contributed by atoms with van der Waals surface area (Å²) >= 11 is 10.5. The first kappa shape index (κ1) is 13.5. The topological polar surface area (TPSA) is 54.9 Å². The molecule has 0 atom stereocenters. The zero-order valence-corrected chi connectivity index (χ0v) is 12.6. The third-order valence-electron chi connectivity index (χ3n) is 2.17. The fourth-order valence-corrected chi connectivity index (χ4v) is 2.67. The van der Waals surface area contributed by atoms with Gasteiger partial charge in [0.2, 0.25) is 0 Å². The van der Waals surface area contributed by atoms with E-state index >= 15 is 0 Å². The molecule has 1 N–H and O–H groups in total. The van der Waals surface area contributed by atoms with E-state index in [1.54, 1.807) is 18.3 Å². The molecule has 1 amide bonds. The number of pyridine rings is 1. The van der Waals surface area contributed by atoms with Crippen LogP contribution in [0.15, 0.2) is 22.1 Å². The van der Waals surface area contributed by atoms with Crippen molar-refractivity contribution in [2.75, 3.05) is 5.32 Å². The molecule has 0 aliphatic carbocycles. The number of amides is 1. The lowest BCUT2D eigenvalue weighted by Crippen LogP contribution is -2.12. The van der Waals surface area contributed by atoms with Crippen molar-refractivity contribution >= 4 is 49.9 Å². The number of hydrogen-bond acceptors (Lipinski definition) is 4. The van der Waals surface area contributed by atoms with E-state index in [0.717, 1.165) is 15.9 Å². The third kappa shape index (κ3) is 3.28. The lowest BCUT2D eigenvalue weighted by molar-refractivity contribution is 0.102. The Labute approximate surface area is 122 Å². The number of halogens is 2. The number of rotatable bonds is 3. The van der Waals surface area contributed by atoms with Gasteiger partial charge in [0.1, 0.15) is 5.15 Å². The smallest absolute Gasteiger partial charge is 0.257 e. The Bertz CT molecular complexity index is 587. The number of carbonyl (C=O) groups is 1. The van der Waals surface area contributed by atoms with Crippen molar-refractivity contribution in [1.82, 2.24) is 9.97 Å². The number of nitrogens with one attached hydrogen (secondary N) is 1. The van der Waals surface area contributed by atoms with Crippen molar-refractivity contribution in [1.29, 1.82) is 0 Å². The van der Waals surface area contributed by atoms with E-state index in [1.165, 1.54) is 11.3 Å². The summed E-state index contributed by atoms with van der Waals surface area (Å²) in [7, 11) is 0. The minimum absolute atomic E-state index is 0.240. The molecule has 2 rings (SSSR count). The van der Waals surface area contributed by atoms with E-state index < -0.39 is 0 Å². The van der Waals surface area contributed by atoms with Crippen molar-refractivity contribution in [3.63, 3.8) is 0 Å². The van der Waals surface area contributed by atoms with Crippen molar-refractivity contribution < 1.29 is 4.79 Å². The lowest BCUT2D eigenvalue weighted by Gasteiger charge is -2.04. The summed E-state index contributed by atoms with van der Waals surface area (Å²) < 4.78 is 0.861. The second-order valence-corrected chi connectivity index (χ2v) is 6.24. The van der Waals surface area contributed by atoms with Crippen LogP contribution in [0.2, 0.25) is 5.15 Å². The average molecular weight is 347 g/mol. The van der Waals surface area contributed by atoms with Crippen LogP contribution in [0.5, 0.6) is 0 Å². The molecule has 0 unspecified atom stereocenters. The van der Waals surface area contributed by atoms with Crippen molar-refractivity contribution in [3.8, 4) is 0 Å². The number of hydrogen-bond donors (Lipinski definition) is 1. The van der Waals surface area contributed by atoms with Gasteiger partial charge < -0.3 is 0 Å². The number of anilines is 1. The van der Waals surface area contributed by atoms with Crippen LogP contribution < -0.4 is 5.32 Å². The molecule has 0 aliphatic heterocycles. The van der Waals surface area contributed by atoms with Gasteiger partial charge in [-0.1, -0.05) is 29.9 Å². The van der Waals surface area contributed by atoms with Crippen molar-refractivity contribution in [3.05, 3.63) is 38.5 Å². The first-order valence-corrected chi connectivity index (χ1v) is 7.16. The quantitative estimate of drug-likeness (QED) is 0.861. The normalized spacial score (nSPS) is 10.4. The highest BCUT2D eigenvalue weighted by molar-refractivity contribution is 9.11. The van der Waals surface area contributed by atoms with E-state index in [0.29, 0.717) is 15.8 Å². The SMILES string of the molecule is CCc1cc(C(=O)Nc2ncc(Br)s2)cc(Cl)n1. The van der Waals surface area contributed by atoms with E-state index in [-0.39, 0.29) is 5.91 Å². The van der Waals surface area contributed by atoms with E-state index in [2.05, 4.69) is 31.2 Å². The molecule has 94 valence electrons. The van der Waals surface area contributed by atoms with Crippen LogP contribution in [0.4, 0.5) is 5.13 Å². The summed E-state index contributed by atoms with van der Waals surface area (Å²) in [5.74, 6) is -0.240. The molecular weight excluding hydrogens is 338 g/mol. The molecule has 7 heteroatoms. The Balaban J connectivity index is 2.20. The summed E-state index contributed by atoms with van der Waals surface area (Å²) in [5, 5.41) is 3.57. The minimum Gasteiger partial charge on any atom is -0.298 e. The van der Waals surface area contributed by atoms with E-state index in [4.69, 9.17) is 11.6 Å². The standard InChI is InChI=1S/C11H9BrClN3OS/c1-2-7-3-6(4-9(13)15-7)10(17)16-11-14-5-8(12)18-11/h3-5H,2H2,1H3,(H,14,16,17). The van der Waals surface area contributed by atoms with Crippen LogP contribution in [-0.2, 0) is 6.42 Å². The molecular formula is C11H9BrClN3OS. The zero-order chi connectivity index (χ0) is 13.1. The molecule has 0 saturated heterocycles. The van der Waals surface area contributed by atoms with Crippen molar-refractivity contribution in [2.45, 2.75) is 13.3 Å². The predicted octanol–water partition coefficient (Wildman–Crippen LogP) is 3.77. The first-order valence-electron chi connectivity index (χ1n) is 5.17. The van der Waals surface area contributed by atoms with Crippen LogP contribution >= 0.6 is 38.9 Å². The van der Waals surface area contributed by atoms with Gasteiger partial charge in [-0.15, -0.1) is 0 Å². The fourth-order valence-electron chi connectivity index (χ4n) is 1.34. The number of thiazole rings is 1. The van der Waals surface area contributed by atoms with Crippen LogP contribution in [0.3, 0.4) is 0 Å². The minimum atomic E-state index is -0.240. The van der Waals surface area contributed by atoms with Gasteiger partial charge in [0.25, 0.3) is 5.91 Å². The van der Waals surface area contributed by atoms with Crippen LogP contribution in [0.1, 0.15) is 23.0 Å². The van der Waals surface area contributed by atoms with Gasteiger partial charge in [-0.05, 0) is 34.5 Å². The van der Waals surface area contributed by atoms with Gasteiger partial charge in [-0.3, -0.25) is 10.1 Å². The van der Waals surface area contributed by atoms with Crippen LogP contribution in [0.25, 0.3) is 0 Å². The maximum atomic E-state index is 12.0. The van der Waals surface area contributed by atoms with E-state index in [9.17, 15) is 4.79 Å². The third-order valence-corrected chi connectivity index (χ3v) is 3.75. The average Bonchev–Trinajstić information content (AvgIpc) is 2.73. The molecule has 2 heterocycles. The van der Waals surface area contributed by atoms with Crippen LogP contribution in [-0.4, -0.2) is 15.9 Å². The molecule has 0 spiro atoms. The Kier molecular flexibility index (Phi) is 4.31. The Morgan fingerprint density at radius 2 is 2.33 bits per heavy atom. The summed E-state index contributed by atoms with van der Waals surface area (Å²) in [4.78, 5) is 20.1. The molecule has 4 nitrogen and oxygen atoms in total. The van der Waals surface area contributed by atoms with E-state index in [1.807, 2.05) is 6.92 Å². The molecule has 2 aromatic heterocycles. The summed E-state index contributed by atoms with van der Waals surface area (Å²) in [5.41, 5.74) is 1.27. The van der Waals surface area contributed by atoms with Gasteiger partial charge in [-0.2, -0.15) is 0 Å². The number of carbonyl (C=O) groups excluding carboxylic acids is 1. The Morgan fingerprint density at radius 3 is 2.94 bits per heavy atom. The van der Waals surface area contributed by atoms with Gasteiger partial charge >= 0.3 is 0 Å². The highest BCUT2D eigenvalue weighted by atomic mass is 79.9. The maximum absolute atomic E-state index is 12.0. The summed E-state index contributed by atoms with van der Waals surface area (Å²) in [6.07, 6.45) is 2.36. The maximum Gasteiger partial charge on any atom is 0.257 e. The Hall–Kier alpha value is -0.980. The fraction of sp³-hybridized carbons (Fsp3) is 0.182. The van der Waals surface area contributed by atoms with Crippen molar-refractivity contribution in [2.24, 2.45) is 0 Å². The molecule has 18 heavy (non-hydrogen) atoms. The monoisotopic (exact) mass is 345 g/mol. The molecule has 0 aromatic carbocycles. The van der Waals surface area contributed by atoms with Crippen LogP contribution in [0, 0.1) is 0 Å². The van der Waals surface area contributed by atoms with Gasteiger partial charge in [0, 0.05) is 11.3 Å². The lowest BCUT2D eigenvalue weighted by atomic mass is 10.2. The number of aryl methyl sites for hydroxylation is 1. The second-order valence-electron chi connectivity index (χ2n) is 3.45. The molecule has 0 aliphatic rings. The highest BCUT2D eigenvalue weighted by Gasteiger charge is 2.11. The summed E-state index contributed by atoms with van der Waals surface area (Å²) in [6.45, 7) is 1.96. The Morgan fingerprint density at radius 1 is 1.56 bits per heavy atom. The number of aromatic nitrogens is 2. The number of nitrogens with zero attached hydrogens (tertiary/aromatic N) is 2. The molecule has 0 fully saturated rings. The molecule has 0 radical (unpaired) electrons. The van der Waals surface area contributed by atoms with Gasteiger partial charge in [-0.25, -0.2) is 9.97 Å². The first-order chi connectivity index (χ1) is 8.58. The molecule has 0 bridgehead atoms. The molecule has 2 aromatic rings. The highest BCUT2D eigenvalue weighted by Crippen LogP contribution is 2.23. The zero-order valence-electron chi connectivity index (χ0n) is 9.41. The predicted molar refractivity (Wildman–Crippen MR) is 76.4 cm³/mol.